The Kier molecular flexibility index (Phi) is 3.84. The molecule has 1 aliphatic heterocycles. The van der Waals surface area contributed by atoms with Crippen molar-refractivity contribution in [2.45, 2.75) is 38.8 Å². The number of pyridine rings is 1. The van der Waals surface area contributed by atoms with Gasteiger partial charge in [-0.05, 0) is 32.8 Å². The fraction of sp³-hybridized carbons (Fsp3) is 0.615. The molecule has 1 fully saturated rings. The van der Waals surface area contributed by atoms with Gasteiger partial charge in [0.2, 0.25) is 0 Å². The Morgan fingerprint density at radius 2 is 2.12 bits per heavy atom. The summed E-state index contributed by atoms with van der Waals surface area (Å²) >= 11 is 0. The van der Waals surface area contributed by atoms with Gasteiger partial charge in [-0.15, -0.1) is 0 Å². The Bertz CT molecular complexity index is 356. The number of nitrogens with zero attached hydrogens (tertiary/aromatic N) is 2. The molecule has 4 nitrogen and oxygen atoms in total. The number of anilines is 2. The van der Waals surface area contributed by atoms with Crippen LogP contribution in [0.15, 0.2) is 18.5 Å². The first-order valence-corrected chi connectivity index (χ1v) is 6.38. The highest BCUT2D eigenvalue weighted by molar-refractivity contribution is 5.69. The normalized spacial score (nSPS) is 17.5. The van der Waals surface area contributed by atoms with Crippen LogP contribution in [-0.2, 0) is 0 Å². The van der Waals surface area contributed by atoms with Crippen molar-refractivity contribution in [3.05, 3.63) is 18.5 Å². The second-order valence-corrected chi connectivity index (χ2v) is 5.02. The van der Waals surface area contributed by atoms with Gasteiger partial charge in [0.05, 0.1) is 17.6 Å². The third-order valence-corrected chi connectivity index (χ3v) is 3.12. The van der Waals surface area contributed by atoms with Crippen LogP contribution in [0.25, 0.3) is 0 Å². The molecule has 1 aromatic rings. The molecule has 0 atom stereocenters. The maximum Gasteiger partial charge on any atom is 0.0766 e. The van der Waals surface area contributed by atoms with Crippen LogP contribution in [0, 0.1) is 0 Å². The summed E-state index contributed by atoms with van der Waals surface area (Å²) in [5.74, 6) is 0. The van der Waals surface area contributed by atoms with Gasteiger partial charge >= 0.3 is 0 Å². The van der Waals surface area contributed by atoms with Gasteiger partial charge in [-0.3, -0.25) is 4.98 Å². The van der Waals surface area contributed by atoms with Gasteiger partial charge in [-0.2, -0.15) is 0 Å². The number of aromatic nitrogens is 1. The molecule has 1 aromatic heterocycles. The second-order valence-electron chi connectivity index (χ2n) is 5.02. The van der Waals surface area contributed by atoms with Crippen molar-refractivity contribution >= 4 is 11.4 Å². The van der Waals surface area contributed by atoms with Crippen LogP contribution in [-0.4, -0.2) is 30.2 Å². The molecule has 0 saturated carbocycles. The van der Waals surface area contributed by atoms with E-state index in [0.29, 0.717) is 12.1 Å². The van der Waals surface area contributed by atoms with Gasteiger partial charge in [0.25, 0.3) is 0 Å². The first kappa shape index (κ1) is 12.2. The van der Waals surface area contributed by atoms with Crippen molar-refractivity contribution < 1.29 is 0 Å². The quantitative estimate of drug-likeness (QED) is 0.838. The Morgan fingerprint density at radius 3 is 2.76 bits per heavy atom. The number of hydrogen-bond donors (Lipinski definition) is 2. The van der Waals surface area contributed by atoms with Crippen molar-refractivity contribution in [3.63, 3.8) is 0 Å². The molecule has 1 saturated heterocycles. The molecule has 0 aliphatic carbocycles. The zero-order valence-electron chi connectivity index (χ0n) is 10.7. The molecule has 0 amide bonds. The van der Waals surface area contributed by atoms with E-state index < -0.39 is 0 Å². The Hall–Kier alpha value is -1.29. The largest absolute Gasteiger partial charge is 0.380 e. The highest BCUT2D eigenvalue weighted by Crippen LogP contribution is 2.27. The van der Waals surface area contributed by atoms with Gasteiger partial charge in [0.15, 0.2) is 0 Å². The summed E-state index contributed by atoms with van der Waals surface area (Å²) in [5, 5.41) is 3.45. The lowest BCUT2D eigenvalue weighted by atomic mass is 10.1. The van der Waals surface area contributed by atoms with Gasteiger partial charge < -0.3 is 16.0 Å². The number of piperidine rings is 1. The van der Waals surface area contributed by atoms with Crippen LogP contribution in [0.2, 0.25) is 0 Å². The minimum Gasteiger partial charge on any atom is -0.380 e. The van der Waals surface area contributed by atoms with Crippen LogP contribution in [0.1, 0.15) is 26.7 Å². The van der Waals surface area contributed by atoms with E-state index in [-0.39, 0.29) is 0 Å². The average Bonchev–Trinajstić information content (AvgIpc) is 2.30. The fourth-order valence-electron chi connectivity index (χ4n) is 2.23. The summed E-state index contributed by atoms with van der Waals surface area (Å²) in [6.07, 6.45) is 5.91. The summed E-state index contributed by atoms with van der Waals surface area (Å²) < 4.78 is 0. The summed E-state index contributed by atoms with van der Waals surface area (Å²) in [7, 11) is 0. The minimum atomic E-state index is 0.370. The molecule has 1 aliphatic rings. The Balaban J connectivity index is 2.14. The zero-order valence-corrected chi connectivity index (χ0v) is 10.7. The Morgan fingerprint density at radius 1 is 1.41 bits per heavy atom. The van der Waals surface area contributed by atoms with Crippen molar-refractivity contribution in [2.75, 3.05) is 23.3 Å². The van der Waals surface area contributed by atoms with E-state index in [0.717, 1.165) is 31.6 Å². The van der Waals surface area contributed by atoms with Crippen LogP contribution in [0.4, 0.5) is 11.4 Å². The fourth-order valence-corrected chi connectivity index (χ4v) is 2.23. The third kappa shape index (κ3) is 3.09. The topological polar surface area (TPSA) is 54.2 Å². The van der Waals surface area contributed by atoms with E-state index in [2.05, 4.69) is 35.1 Å². The van der Waals surface area contributed by atoms with Gasteiger partial charge in [-0.1, -0.05) is 0 Å². The predicted octanol–water partition coefficient (Wildman–Crippen LogP) is 1.83. The third-order valence-electron chi connectivity index (χ3n) is 3.12. The predicted molar refractivity (Wildman–Crippen MR) is 72.4 cm³/mol. The summed E-state index contributed by atoms with van der Waals surface area (Å²) in [4.78, 5) is 6.59. The van der Waals surface area contributed by atoms with Crippen LogP contribution >= 0.6 is 0 Å². The molecule has 0 spiro atoms. The smallest absolute Gasteiger partial charge is 0.0766 e. The zero-order chi connectivity index (χ0) is 12.3. The lowest BCUT2D eigenvalue weighted by molar-refractivity contribution is 0.501. The number of rotatable bonds is 3. The standard InChI is InChI=1S/C13H22N4/c1-10(2)16-12-9-15-6-3-13(12)17-7-4-11(14)5-8-17/h3,6,9-11,16H,4-5,7-8,14H2,1-2H3. The van der Waals surface area contributed by atoms with Crippen LogP contribution < -0.4 is 16.0 Å². The minimum absolute atomic E-state index is 0.370. The van der Waals surface area contributed by atoms with E-state index in [1.54, 1.807) is 0 Å². The molecule has 0 radical (unpaired) electrons. The number of nitrogens with two attached hydrogens (primary N) is 1. The van der Waals surface area contributed by atoms with Gasteiger partial charge in [-0.25, -0.2) is 0 Å². The van der Waals surface area contributed by atoms with E-state index in [1.807, 2.05) is 12.4 Å². The number of hydrogen-bond acceptors (Lipinski definition) is 4. The molecule has 0 bridgehead atoms. The lowest BCUT2D eigenvalue weighted by Gasteiger charge is -2.33. The van der Waals surface area contributed by atoms with Crippen molar-refractivity contribution in [1.29, 1.82) is 0 Å². The molecule has 2 heterocycles. The molecule has 0 unspecified atom stereocenters. The molecule has 0 aromatic carbocycles. The number of nitrogens with one attached hydrogen (secondary N) is 1. The van der Waals surface area contributed by atoms with Crippen molar-refractivity contribution in [2.24, 2.45) is 5.73 Å². The van der Waals surface area contributed by atoms with Crippen molar-refractivity contribution in [3.8, 4) is 0 Å². The lowest BCUT2D eigenvalue weighted by Crippen LogP contribution is -2.40. The highest BCUT2D eigenvalue weighted by Gasteiger charge is 2.18. The summed E-state index contributed by atoms with van der Waals surface area (Å²) in [5.41, 5.74) is 8.31. The molecule has 17 heavy (non-hydrogen) atoms. The first-order chi connectivity index (χ1) is 8.16. The van der Waals surface area contributed by atoms with Crippen LogP contribution in [0.3, 0.4) is 0 Å². The molecule has 2 rings (SSSR count). The molecular formula is C13H22N4. The molecular weight excluding hydrogens is 212 g/mol. The second kappa shape index (κ2) is 5.36. The van der Waals surface area contributed by atoms with Crippen molar-refractivity contribution in [1.82, 2.24) is 4.98 Å². The maximum atomic E-state index is 5.94. The first-order valence-electron chi connectivity index (χ1n) is 6.38. The van der Waals surface area contributed by atoms with E-state index in [9.17, 15) is 0 Å². The van der Waals surface area contributed by atoms with E-state index in [1.165, 1.54) is 5.69 Å². The maximum absolute atomic E-state index is 5.94. The van der Waals surface area contributed by atoms with Crippen LogP contribution in [0.5, 0.6) is 0 Å². The molecule has 3 N–H and O–H groups in total. The van der Waals surface area contributed by atoms with Gasteiger partial charge in [0, 0.05) is 31.4 Å². The molecule has 94 valence electrons. The SMILES string of the molecule is CC(C)Nc1cnccc1N1CCC(N)CC1. The van der Waals surface area contributed by atoms with E-state index >= 15 is 0 Å². The highest BCUT2D eigenvalue weighted by atomic mass is 15.2. The average molecular weight is 234 g/mol. The summed E-state index contributed by atoms with van der Waals surface area (Å²) in [6, 6.07) is 2.88. The van der Waals surface area contributed by atoms with Gasteiger partial charge in [0.1, 0.15) is 0 Å². The van der Waals surface area contributed by atoms with E-state index in [4.69, 9.17) is 5.73 Å². The Labute approximate surface area is 103 Å². The monoisotopic (exact) mass is 234 g/mol. The summed E-state index contributed by atoms with van der Waals surface area (Å²) in [6.45, 7) is 6.36. The molecule has 4 heteroatoms.